The number of ether oxygens (including phenoxy) is 1. The quantitative estimate of drug-likeness (QED) is 0.809. The molecule has 0 aliphatic carbocycles. The number of phenols is 1. The third-order valence-electron chi connectivity index (χ3n) is 1.51. The highest BCUT2D eigenvalue weighted by Crippen LogP contribution is 2.24. The summed E-state index contributed by atoms with van der Waals surface area (Å²) >= 11 is 5.45. The largest absolute Gasteiger partial charge is 0.504 e. The Bertz CT molecular complexity index is 308. The molecule has 1 aromatic carbocycles. The fourth-order valence-corrected chi connectivity index (χ4v) is 0.865. The van der Waals surface area contributed by atoms with E-state index in [1.54, 1.807) is 24.3 Å². The van der Waals surface area contributed by atoms with Crippen LogP contribution in [-0.4, -0.2) is 11.7 Å². The Morgan fingerprint density at radius 2 is 2.23 bits per heavy atom. The van der Waals surface area contributed by atoms with Gasteiger partial charge in [-0.3, -0.25) is 0 Å². The number of rotatable bonds is 3. The molecule has 0 unspecified atom stereocenters. The zero-order chi connectivity index (χ0) is 9.68. The van der Waals surface area contributed by atoms with Crippen molar-refractivity contribution >= 4 is 11.6 Å². The second kappa shape index (κ2) is 4.77. The normalized spacial score (nSPS) is 11.4. The van der Waals surface area contributed by atoms with Crippen LogP contribution in [0.15, 0.2) is 35.4 Å². The van der Waals surface area contributed by atoms with Crippen molar-refractivity contribution in [2.75, 3.05) is 6.61 Å². The van der Waals surface area contributed by atoms with Crippen LogP contribution in [0.4, 0.5) is 0 Å². The molecule has 1 rings (SSSR count). The minimum Gasteiger partial charge on any atom is -0.504 e. The van der Waals surface area contributed by atoms with Gasteiger partial charge in [-0.1, -0.05) is 23.7 Å². The van der Waals surface area contributed by atoms with Gasteiger partial charge < -0.3 is 9.84 Å². The molecule has 0 amide bonds. The smallest absolute Gasteiger partial charge is 0.161 e. The van der Waals surface area contributed by atoms with E-state index in [0.29, 0.717) is 12.4 Å². The third kappa shape index (κ3) is 2.99. The van der Waals surface area contributed by atoms with Crippen LogP contribution in [-0.2, 0) is 0 Å². The van der Waals surface area contributed by atoms with Gasteiger partial charge in [-0.15, -0.1) is 0 Å². The van der Waals surface area contributed by atoms with Crippen molar-refractivity contribution in [1.82, 2.24) is 0 Å². The summed E-state index contributed by atoms with van der Waals surface area (Å²) in [6.45, 7) is 2.24. The predicted molar refractivity (Wildman–Crippen MR) is 53.2 cm³/mol. The monoisotopic (exact) mass is 198 g/mol. The van der Waals surface area contributed by atoms with Crippen molar-refractivity contribution < 1.29 is 9.84 Å². The maximum atomic E-state index is 9.32. The van der Waals surface area contributed by atoms with E-state index in [-0.39, 0.29) is 5.75 Å². The van der Waals surface area contributed by atoms with Crippen molar-refractivity contribution in [2.24, 2.45) is 0 Å². The van der Waals surface area contributed by atoms with E-state index in [1.165, 1.54) is 5.54 Å². The van der Waals surface area contributed by atoms with Crippen LogP contribution in [0.25, 0.3) is 0 Å². The van der Waals surface area contributed by atoms with Crippen LogP contribution in [0.3, 0.4) is 0 Å². The highest BCUT2D eigenvalue weighted by molar-refractivity contribution is 6.25. The van der Waals surface area contributed by atoms with Gasteiger partial charge in [0.15, 0.2) is 11.5 Å². The molecular formula is C10H11ClO2. The molecule has 0 saturated heterocycles. The van der Waals surface area contributed by atoms with E-state index in [0.717, 1.165) is 5.57 Å². The minimum absolute atomic E-state index is 0.143. The van der Waals surface area contributed by atoms with E-state index in [4.69, 9.17) is 16.3 Å². The molecule has 0 radical (unpaired) electrons. The molecule has 0 bridgehead atoms. The summed E-state index contributed by atoms with van der Waals surface area (Å²) in [5, 5.41) is 9.32. The van der Waals surface area contributed by atoms with Crippen LogP contribution in [0.2, 0.25) is 0 Å². The molecular weight excluding hydrogens is 188 g/mol. The molecule has 0 aromatic heterocycles. The molecule has 0 spiro atoms. The van der Waals surface area contributed by atoms with Crippen molar-refractivity contribution in [1.29, 1.82) is 0 Å². The second-order valence-electron chi connectivity index (χ2n) is 2.71. The van der Waals surface area contributed by atoms with E-state index < -0.39 is 0 Å². The zero-order valence-electron chi connectivity index (χ0n) is 7.33. The average molecular weight is 199 g/mol. The topological polar surface area (TPSA) is 29.5 Å². The lowest BCUT2D eigenvalue weighted by Gasteiger charge is -2.06. The Hall–Kier alpha value is -1.15. The first kappa shape index (κ1) is 9.93. The number of hydrogen-bond acceptors (Lipinski definition) is 2. The van der Waals surface area contributed by atoms with Crippen LogP contribution in [0.5, 0.6) is 11.5 Å². The number of phenolic OH excluding ortho intramolecular Hbond substituents is 1. The summed E-state index contributed by atoms with van der Waals surface area (Å²) in [6, 6.07) is 6.83. The lowest BCUT2D eigenvalue weighted by Crippen LogP contribution is -1.97. The first-order chi connectivity index (χ1) is 6.24. The molecule has 0 fully saturated rings. The van der Waals surface area contributed by atoms with Crippen LogP contribution >= 0.6 is 11.6 Å². The van der Waals surface area contributed by atoms with E-state index in [1.807, 2.05) is 6.92 Å². The first-order valence-electron chi connectivity index (χ1n) is 3.90. The van der Waals surface area contributed by atoms with Crippen molar-refractivity contribution in [3.8, 4) is 11.5 Å². The van der Waals surface area contributed by atoms with Crippen LogP contribution in [0, 0.1) is 0 Å². The van der Waals surface area contributed by atoms with Crippen LogP contribution in [0.1, 0.15) is 6.92 Å². The van der Waals surface area contributed by atoms with E-state index in [9.17, 15) is 5.11 Å². The van der Waals surface area contributed by atoms with Gasteiger partial charge in [0.1, 0.15) is 6.61 Å². The highest BCUT2D eigenvalue weighted by atomic mass is 35.5. The molecule has 2 nitrogen and oxygen atoms in total. The SMILES string of the molecule is C/C(=C/Cl)COc1ccccc1O. The second-order valence-corrected chi connectivity index (χ2v) is 2.93. The number of para-hydroxylation sites is 2. The Balaban J connectivity index is 2.60. The maximum Gasteiger partial charge on any atom is 0.161 e. The molecule has 1 aromatic rings. The molecule has 0 heterocycles. The lowest BCUT2D eigenvalue weighted by molar-refractivity contribution is 0.328. The molecule has 70 valence electrons. The van der Waals surface area contributed by atoms with Crippen molar-refractivity contribution in [2.45, 2.75) is 6.92 Å². The van der Waals surface area contributed by atoms with Gasteiger partial charge in [-0.25, -0.2) is 0 Å². The Labute approximate surface area is 82.4 Å². The predicted octanol–water partition coefficient (Wildman–Crippen LogP) is 2.91. The average Bonchev–Trinajstić information content (AvgIpc) is 2.16. The Morgan fingerprint density at radius 3 is 2.85 bits per heavy atom. The van der Waals surface area contributed by atoms with Crippen molar-refractivity contribution in [3.05, 3.63) is 35.4 Å². The van der Waals surface area contributed by atoms with Crippen molar-refractivity contribution in [3.63, 3.8) is 0 Å². The Morgan fingerprint density at radius 1 is 1.54 bits per heavy atom. The van der Waals surface area contributed by atoms with E-state index >= 15 is 0 Å². The summed E-state index contributed by atoms with van der Waals surface area (Å²) in [7, 11) is 0. The number of aromatic hydroxyl groups is 1. The van der Waals surface area contributed by atoms with Gasteiger partial charge in [-0.05, 0) is 24.6 Å². The molecule has 13 heavy (non-hydrogen) atoms. The van der Waals surface area contributed by atoms with Gasteiger partial charge in [0.2, 0.25) is 0 Å². The number of hydrogen-bond donors (Lipinski definition) is 1. The molecule has 0 aliphatic heterocycles. The Kier molecular flexibility index (Phi) is 3.65. The minimum atomic E-state index is 0.143. The maximum absolute atomic E-state index is 9.32. The summed E-state index contributed by atoms with van der Waals surface area (Å²) < 4.78 is 5.29. The third-order valence-corrected chi connectivity index (χ3v) is 1.88. The number of halogens is 1. The van der Waals surface area contributed by atoms with Gasteiger partial charge in [0.05, 0.1) is 0 Å². The van der Waals surface area contributed by atoms with Gasteiger partial charge in [0, 0.05) is 5.54 Å². The molecule has 0 saturated carbocycles. The van der Waals surface area contributed by atoms with Gasteiger partial charge >= 0.3 is 0 Å². The number of benzene rings is 1. The standard InChI is InChI=1S/C10H11ClO2/c1-8(6-11)7-13-10-5-3-2-4-9(10)12/h2-6,12H,7H2,1H3/b8-6-. The summed E-state index contributed by atoms with van der Waals surface area (Å²) in [5.41, 5.74) is 2.37. The fraction of sp³-hybridized carbons (Fsp3) is 0.200. The summed E-state index contributed by atoms with van der Waals surface area (Å²) in [6.07, 6.45) is 0. The van der Waals surface area contributed by atoms with Gasteiger partial charge in [0.25, 0.3) is 0 Å². The molecule has 1 N–H and O–H groups in total. The lowest BCUT2D eigenvalue weighted by atomic mass is 10.3. The zero-order valence-corrected chi connectivity index (χ0v) is 8.08. The van der Waals surface area contributed by atoms with Gasteiger partial charge in [-0.2, -0.15) is 0 Å². The molecule has 3 heteroatoms. The van der Waals surface area contributed by atoms with Crippen LogP contribution < -0.4 is 4.74 Å². The fourth-order valence-electron chi connectivity index (χ4n) is 0.802. The molecule has 0 aliphatic rings. The summed E-state index contributed by atoms with van der Waals surface area (Å²) in [4.78, 5) is 0. The summed E-state index contributed by atoms with van der Waals surface area (Å²) in [5.74, 6) is 0.616. The van der Waals surface area contributed by atoms with E-state index in [2.05, 4.69) is 0 Å². The first-order valence-corrected chi connectivity index (χ1v) is 4.34. The highest BCUT2D eigenvalue weighted by Gasteiger charge is 1.99. The molecule has 0 atom stereocenters.